The fourth-order valence-corrected chi connectivity index (χ4v) is 2.08. The van der Waals surface area contributed by atoms with Gasteiger partial charge in [0.25, 0.3) is 5.91 Å². The third-order valence-corrected chi connectivity index (χ3v) is 3.36. The summed E-state index contributed by atoms with van der Waals surface area (Å²) in [5.41, 5.74) is 0.538. The highest BCUT2D eigenvalue weighted by molar-refractivity contribution is 6.33. The number of aromatic nitrogens is 1. The van der Waals surface area contributed by atoms with E-state index in [0.717, 1.165) is 38.8 Å². The molecule has 0 saturated heterocycles. The quantitative estimate of drug-likeness (QED) is 0.742. The Bertz CT molecular complexity index is 437. The summed E-state index contributed by atoms with van der Waals surface area (Å²) in [6, 6.07) is 1.69. The molecule has 0 aliphatic carbocycles. The van der Waals surface area contributed by atoms with Crippen LogP contribution in [0, 0.1) is 0 Å². The second-order valence-electron chi connectivity index (χ2n) is 4.92. The van der Waals surface area contributed by atoms with Crippen molar-refractivity contribution in [2.75, 3.05) is 25.5 Å². The molecule has 0 aliphatic heterocycles. The van der Waals surface area contributed by atoms with Gasteiger partial charge >= 0.3 is 0 Å². The lowest BCUT2D eigenvalue weighted by molar-refractivity contribution is 0.0792. The summed E-state index contributed by atoms with van der Waals surface area (Å²) >= 11 is 6.14. The Hall–Kier alpha value is -1.29. The standard InChI is InChI=1S/C15H24ClN3O/c1-4-6-7-9-19(3)15(20)12-10-13(16)14(18-11-12)17-8-5-2/h10-11H,4-9H2,1-3H3,(H,17,18). The van der Waals surface area contributed by atoms with E-state index < -0.39 is 0 Å². The monoisotopic (exact) mass is 297 g/mol. The Morgan fingerprint density at radius 3 is 2.70 bits per heavy atom. The molecule has 1 aromatic rings. The molecule has 0 atom stereocenters. The molecule has 1 rings (SSSR count). The molecule has 0 saturated carbocycles. The molecule has 0 fully saturated rings. The molecule has 0 unspecified atom stereocenters. The van der Waals surface area contributed by atoms with Gasteiger partial charge in [-0.25, -0.2) is 4.98 Å². The van der Waals surface area contributed by atoms with Crippen molar-refractivity contribution in [1.82, 2.24) is 9.88 Å². The van der Waals surface area contributed by atoms with E-state index in [1.54, 1.807) is 17.2 Å². The van der Waals surface area contributed by atoms with E-state index in [2.05, 4.69) is 24.1 Å². The topological polar surface area (TPSA) is 45.2 Å². The molecule has 1 heterocycles. The number of rotatable bonds is 8. The van der Waals surface area contributed by atoms with Gasteiger partial charge in [-0.1, -0.05) is 38.3 Å². The van der Waals surface area contributed by atoms with Crippen molar-refractivity contribution in [2.24, 2.45) is 0 Å². The van der Waals surface area contributed by atoms with Crippen molar-refractivity contribution in [3.63, 3.8) is 0 Å². The summed E-state index contributed by atoms with van der Waals surface area (Å²) in [6.07, 6.45) is 5.89. The number of halogens is 1. The molecule has 0 aliphatic rings. The fourth-order valence-electron chi connectivity index (χ4n) is 1.85. The minimum atomic E-state index is -0.0301. The second kappa shape index (κ2) is 8.80. The van der Waals surface area contributed by atoms with Gasteiger partial charge in [0.05, 0.1) is 10.6 Å². The first-order valence-corrected chi connectivity index (χ1v) is 7.62. The summed E-state index contributed by atoms with van der Waals surface area (Å²) < 4.78 is 0. The van der Waals surface area contributed by atoms with Crippen LogP contribution < -0.4 is 5.32 Å². The molecule has 5 heteroatoms. The summed E-state index contributed by atoms with van der Waals surface area (Å²) in [7, 11) is 1.81. The van der Waals surface area contributed by atoms with E-state index in [4.69, 9.17) is 11.6 Å². The van der Waals surface area contributed by atoms with E-state index in [1.165, 1.54) is 0 Å². The van der Waals surface area contributed by atoms with Crippen LogP contribution in [-0.4, -0.2) is 35.9 Å². The van der Waals surface area contributed by atoms with Gasteiger partial charge in [0.15, 0.2) is 0 Å². The number of carbonyl (C=O) groups is 1. The Labute approximate surface area is 126 Å². The molecule has 0 aromatic carbocycles. The third kappa shape index (κ3) is 5.00. The average Bonchev–Trinajstić information content (AvgIpc) is 2.45. The number of hydrogen-bond donors (Lipinski definition) is 1. The highest BCUT2D eigenvalue weighted by Crippen LogP contribution is 2.20. The van der Waals surface area contributed by atoms with Gasteiger partial charge in [-0.2, -0.15) is 0 Å². The Kier molecular flexibility index (Phi) is 7.37. The van der Waals surface area contributed by atoms with Crippen LogP contribution in [0.3, 0.4) is 0 Å². The molecule has 1 amide bonds. The van der Waals surface area contributed by atoms with Crippen molar-refractivity contribution in [3.05, 3.63) is 22.8 Å². The Morgan fingerprint density at radius 1 is 1.35 bits per heavy atom. The van der Waals surface area contributed by atoms with Crippen LogP contribution in [0.4, 0.5) is 5.82 Å². The maximum absolute atomic E-state index is 12.2. The number of hydrogen-bond acceptors (Lipinski definition) is 3. The maximum atomic E-state index is 12.2. The highest BCUT2D eigenvalue weighted by atomic mass is 35.5. The summed E-state index contributed by atoms with van der Waals surface area (Å²) in [4.78, 5) is 18.2. The number of nitrogens with one attached hydrogen (secondary N) is 1. The minimum Gasteiger partial charge on any atom is -0.369 e. The number of carbonyl (C=O) groups excluding carboxylic acids is 1. The SMILES string of the molecule is CCCCCN(C)C(=O)c1cnc(NCCC)c(Cl)c1. The van der Waals surface area contributed by atoms with Crippen LogP contribution in [0.1, 0.15) is 49.9 Å². The number of nitrogens with zero attached hydrogens (tertiary/aromatic N) is 2. The van der Waals surface area contributed by atoms with E-state index in [1.807, 2.05) is 7.05 Å². The number of pyridine rings is 1. The zero-order valence-corrected chi connectivity index (χ0v) is 13.3. The largest absolute Gasteiger partial charge is 0.369 e. The van der Waals surface area contributed by atoms with Gasteiger partial charge in [0, 0.05) is 26.3 Å². The molecular formula is C15H24ClN3O. The van der Waals surface area contributed by atoms with Crippen LogP contribution in [0.2, 0.25) is 5.02 Å². The van der Waals surface area contributed by atoms with Crippen LogP contribution in [-0.2, 0) is 0 Å². The van der Waals surface area contributed by atoms with Crippen LogP contribution in [0.5, 0.6) is 0 Å². The van der Waals surface area contributed by atoms with Gasteiger partial charge < -0.3 is 10.2 Å². The summed E-state index contributed by atoms with van der Waals surface area (Å²) in [6.45, 7) is 5.80. The van der Waals surface area contributed by atoms with Gasteiger partial charge in [-0.05, 0) is 18.9 Å². The molecule has 0 bridgehead atoms. The van der Waals surface area contributed by atoms with Crippen molar-refractivity contribution in [3.8, 4) is 0 Å². The molecule has 4 nitrogen and oxygen atoms in total. The first kappa shape index (κ1) is 16.8. The summed E-state index contributed by atoms with van der Waals surface area (Å²) in [5.74, 6) is 0.608. The van der Waals surface area contributed by atoms with E-state index in [-0.39, 0.29) is 5.91 Å². The maximum Gasteiger partial charge on any atom is 0.255 e. The van der Waals surface area contributed by atoms with E-state index in [9.17, 15) is 4.79 Å². The third-order valence-electron chi connectivity index (χ3n) is 3.07. The fraction of sp³-hybridized carbons (Fsp3) is 0.600. The predicted octanol–water partition coefficient (Wildman–Crippen LogP) is 3.82. The first-order valence-electron chi connectivity index (χ1n) is 7.25. The number of amides is 1. The van der Waals surface area contributed by atoms with Gasteiger partial charge in [-0.3, -0.25) is 4.79 Å². The zero-order valence-electron chi connectivity index (χ0n) is 12.6. The molecule has 0 spiro atoms. The van der Waals surface area contributed by atoms with Gasteiger partial charge in [0.1, 0.15) is 5.82 Å². The van der Waals surface area contributed by atoms with E-state index >= 15 is 0 Å². The molecular weight excluding hydrogens is 274 g/mol. The average molecular weight is 298 g/mol. The molecule has 1 N–H and O–H groups in total. The lowest BCUT2D eigenvalue weighted by Crippen LogP contribution is -2.27. The highest BCUT2D eigenvalue weighted by Gasteiger charge is 2.13. The second-order valence-corrected chi connectivity index (χ2v) is 5.32. The van der Waals surface area contributed by atoms with Crippen LogP contribution in [0.25, 0.3) is 0 Å². The zero-order chi connectivity index (χ0) is 15.0. The number of anilines is 1. The molecule has 112 valence electrons. The molecule has 0 radical (unpaired) electrons. The van der Waals surface area contributed by atoms with Crippen molar-refractivity contribution in [1.29, 1.82) is 0 Å². The first-order chi connectivity index (χ1) is 9.60. The minimum absolute atomic E-state index is 0.0301. The van der Waals surface area contributed by atoms with Crippen molar-refractivity contribution < 1.29 is 4.79 Å². The van der Waals surface area contributed by atoms with Crippen molar-refractivity contribution in [2.45, 2.75) is 39.5 Å². The smallest absolute Gasteiger partial charge is 0.255 e. The lowest BCUT2D eigenvalue weighted by Gasteiger charge is -2.17. The Morgan fingerprint density at radius 2 is 2.10 bits per heavy atom. The van der Waals surface area contributed by atoms with Crippen LogP contribution in [0.15, 0.2) is 12.3 Å². The van der Waals surface area contributed by atoms with Crippen LogP contribution >= 0.6 is 11.6 Å². The lowest BCUT2D eigenvalue weighted by atomic mass is 10.2. The molecule has 20 heavy (non-hydrogen) atoms. The predicted molar refractivity (Wildman–Crippen MR) is 84.5 cm³/mol. The number of unbranched alkanes of at least 4 members (excludes halogenated alkanes) is 2. The Balaban J connectivity index is 2.66. The van der Waals surface area contributed by atoms with Gasteiger partial charge in [-0.15, -0.1) is 0 Å². The summed E-state index contributed by atoms with van der Waals surface area (Å²) in [5, 5.41) is 3.62. The van der Waals surface area contributed by atoms with Crippen molar-refractivity contribution >= 4 is 23.3 Å². The van der Waals surface area contributed by atoms with Gasteiger partial charge in [0.2, 0.25) is 0 Å². The normalized spacial score (nSPS) is 10.4. The molecule has 1 aromatic heterocycles. The van der Waals surface area contributed by atoms with E-state index in [0.29, 0.717) is 16.4 Å².